The highest BCUT2D eigenvalue weighted by Crippen LogP contribution is 2.33. The van der Waals surface area contributed by atoms with Gasteiger partial charge in [-0.3, -0.25) is 0 Å². The van der Waals surface area contributed by atoms with E-state index in [0.29, 0.717) is 12.8 Å². The van der Waals surface area contributed by atoms with Gasteiger partial charge in [-0.25, -0.2) is 14.4 Å². The van der Waals surface area contributed by atoms with Crippen LogP contribution in [0.25, 0.3) is 0 Å². The molecule has 1 fully saturated rings. The summed E-state index contributed by atoms with van der Waals surface area (Å²) in [6, 6.07) is -0.755. The Morgan fingerprint density at radius 3 is 2.24 bits per heavy atom. The standard InChI is InChI=1S/C10H14N2O5/c1-16-7(13)3-4-8(14)17-10(5-2-6-10)12-9(11)15/h3-4H,2,5-6H2,1H3,(H3,11,12,15)/b4-3+. The first-order chi connectivity index (χ1) is 7.97. The van der Waals surface area contributed by atoms with E-state index in [2.05, 4.69) is 10.1 Å². The van der Waals surface area contributed by atoms with Crippen LogP contribution in [0.2, 0.25) is 0 Å². The zero-order valence-corrected chi connectivity index (χ0v) is 9.39. The Morgan fingerprint density at radius 2 is 1.82 bits per heavy atom. The van der Waals surface area contributed by atoms with E-state index in [1.54, 1.807) is 0 Å². The minimum absolute atomic E-state index is 0.508. The summed E-state index contributed by atoms with van der Waals surface area (Å²) >= 11 is 0. The minimum Gasteiger partial charge on any atom is -0.466 e. The maximum absolute atomic E-state index is 11.3. The van der Waals surface area contributed by atoms with E-state index in [0.717, 1.165) is 18.6 Å². The molecular weight excluding hydrogens is 228 g/mol. The van der Waals surface area contributed by atoms with Gasteiger partial charge in [0.15, 0.2) is 5.72 Å². The molecule has 0 bridgehead atoms. The first-order valence-corrected chi connectivity index (χ1v) is 5.04. The average molecular weight is 242 g/mol. The Hall–Kier alpha value is -2.05. The summed E-state index contributed by atoms with van der Waals surface area (Å²) in [6.45, 7) is 0. The molecule has 7 nitrogen and oxygen atoms in total. The number of nitrogens with two attached hydrogens (primary N) is 1. The summed E-state index contributed by atoms with van der Waals surface area (Å²) in [5.41, 5.74) is 3.95. The maximum atomic E-state index is 11.3. The summed E-state index contributed by atoms with van der Waals surface area (Å²) in [5.74, 6) is -1.39. The van der Waals surface area contributed by atoms with Crippen molar-refractivity contribution in [2.75, 3.05) is 7.11 Å². The van der Waals surface area contributed by atoms with E-state index in [1.165, 1.54) is 7.11 Å². The summed E-state index contributed by atoms with van der Waals surface area (Å²) < 4.78 is 9.35. The second kappa shape index (κ2) is 5.33. The van der Waals surface area contributed by atoms with E-state index < -0.39 is 23.7 Å². The number of urea groups is 1. The van der Waals surface area contributed by atoms with Crippen LogP contribution in [0.15, 0.2) is 12.2 Å². The van der Waals surface area contributed by atoms with Crippen molar-refractivity contribution in [1.29, 1.82) is 0 Å². The molecule has 0 atom stereocenters. The average Bonchev–Trinajstić information content (AvgIpc) is 2.22. The molecule has 1 saturated carbocycles. The lowest BCUT2D eigenvalue weighted by atomic mass is 9.88. The van der Waals surface area contributed by atoms with Crippen molar-refractivity contribution in [2.24, 2.45) is 5.73 Å². The number of carbonyl (C=O) groups is 3. The van der Waals surface area contributed by atoms with Crippen molar-refractivity contribution in [3.8, 4) is 0 Å². The number of amides is 2. The van der Waals surface area contributed by atoms with Gasteiger partial charge in [0.25, 0.3) is 0 Å². The highest BCUT2D eigenvalue weighted by atomic mass is 16.6. The molecule has 0 saturated heterocycles. The fourth-order valence-electron chi connectivity index (χ4n) is 1.41. The van der Waals surface area contributed by atoms with Crippen molar-refractivity contribution in [3.63, 3.8) is 0 Å². The first kappa shape index (κ1) is 13.0. The Bertz CT molecular complexity index is 360. The van der Waals surface area contributed by atoms with Crippen molar-refractivity contribution >= 4 is 18.0 Å². The fourth-order valence-corrected chi connectivity index (χ4v) is 1.41. The largest absolute Gasteiger partial charge is 0.466 e. The van der Waals surface area contributed by atoms with Gasteiger partial charge in [0.2, 0.25) is 0 Å². The number of hydrogen-bond acceptors (Lipinski definition) is 5. The molecule has 0 aromatic heterocycles. The lowest BCUT2D eigenvalue weighted by Gasteiger charge is -2.40. The molecule has 0 aromatic carbocycles. The predicted octanol–water partition coefficient (Wildman–Crippen LogP) is -0.193. The van der Waals surface area contributed by atoms with Crippen molar-refractivity contribution < 1.29 is 23.9 Å². The van der Waals surface area contributed by atoms with Crippen LogP contribution >= 0.6 is 0 Å². The van der Waals surface area contributed by atoms with Crippen LogP contribution in [-0.2, 0) is 19.1 Å². The van der Waals surface area contributed by atoms with Crippen LogP contribution in [0.4, 0.5) is 4.79 Å². The van der Waals surface area contributed by atoms with Crippen molar-refractivity contribution in [3.05, 3.63) is 12.2 Å². The van der Waals surface area contributed by atoms with Gasteiger partial charge in [0.05, 0.1) is 7.11 Å². The summed E-state index contributed by atoms with van der Waals surface area (Å²) in [5, 5.41) is 2.37. The van der Waals surface area contributed by atoms with Crippen LogP contribution in [0.5, 0.6) is 0 Å². The molecule has 0 unspecified atom stereocenters. The van der Waals surface area contributed by atoms with Gasteiger partial charge in [-0.15, -0.1) is 0 Å². The third-order valence-corrected chi connectivity index (χ3v) is 2.36. The third-order valence-electron chi connectivity index (χ3n) is 2.36. The van der Waals surface area contributed by atoms with Gasteiger partial charge in [-0.05, 0) is 6.42 Å². The molecule has 1 rings (SSSR count). The molecule has 0 aromatic rings. The normalized spacial score (nSPS) is 17.0. The number of esters is 2. The maximum Gasteiger partial charge on any atom is 0.333 e. The zero-order valence-electron chi connectivity index (χ0n) is 9.39. The number of nitrogens with one attached hydrogen (secondary N) is 1. The molecule has 94 valence electrons. The molecule has 0 spiro atoms. The molecule has 1 aliphatic rings. The van der Waals surface area contributed by atoms with Crippen LogP contribution < -0.4 is 11.1 Å². The van der Waals surface area contributed by atoms with Crippen LogP contribution in [0.3, 0.4) is 0 Å². The quantitative estimate of drug-likeness (QED) is 0.403. The topological polar surface area (TPSA) is 108 Å². The number of primary amides is 1. The van der Waals surface area contributed by atoms with Gasteiger partial charge < -0.3 is 20.5 Å². The number of hydrogen-bond donors (Lipinski definition) is 2. The van der Waals surface area contributed by atoms with Gasteiger partial charge in [0, 0.05) is 25.0 Å². The highest BCUT2D eigenvalue weighted by molar-refractivity contribution is 5.91. The molecule has 2 amide bonds. The lowest BCUT2D eigenvalue weighted by Crippen LogP contribution is -2.57. The fraction of sp³-hybridized carbons (Fsp3) is 0.500. The Balaban J connectivity index is 2.51. The number of rotatable bonds is 4. The number of methoxy groups -OCH3 is 1. The third kappa shape index (κ3) is 3.78. The molecular formula is C10H14N2O5. The Kier molecular flexibility index (Phi) is 4.08. The molecule has 0 heterocycles. The van der Waals surface area contributed by atoms with E-state index in [4.69, 9.17) is 10.5 Å². The van der Waals surface area contributed by atoms with Crippen LogP contribution in [0.1, 0.15) is 19.3 Å². The second-order valence-corrected chi connectivity index (χ2v) is 3.61. The van der Waals surface area contributed by atoms with E-state index >= 15 is 0 Å². The van der Waals surface area contributed by atoms with Crippen molar-refractivity contribution in [2.45, 2.75) is 25.0 Å². The number of ether oxygens (including phenoxy) is 2. The Morgan fingerprint density at radius 1 is 1.24 bits per heavy atom. The SMILES string of the molecule is COC(=O)/C=C/C(=O)OC1(NC(N)=O)CCC1. The second-order valence-electron chi connectivity index (χ2n) is 3.61. The van der Waals surface area contributed by atoms with Crippen molar-refractivity contribution in [1.82, 2.24) is 5.32 Å². The summed E-state index contributed by atoms with van der Waals surface area (Å²) in [4.78, 5) is 32.8. The molecule has 7 heteroatoms. The lowest BCUT2D eigenvalue weighted by molar-refractivity contribution is -0.166. The molecule has 17 heavy (non-hydrogen) atoms. The molecule has 1 aliphatic carbocycles. The molecule has 0 radical (unpaired) electrons. The summed E-state index contributed by atoms with van der Waals surface area (Å²) in [6.07, 6.45) is 3.73. The van der Waals surface area contributed by atoms with E-state index in [-0.39, 0.29) is 0 Å². The predicted molar refractivity (Wildman–Crippen MR) is 56.5 cm³/mol. The zero-order chi connectivity index (χ0) is 12.9. The van der Waals surface area contributed by atoms with Gasteiger partial charge in [-0.2, -0.15) is 0 Å². The highest BCUT2D eigenvalue weighted by Gasteiger charge is 2.41. The summed E-state index contributed by atoms with van der Waals surface area (Å²) in [7, 11) is 1.19. The van der Waals surface area contributed by atoms with Gasteiger partial charge in [-0.1, -0.05) is 0 Å². The monoisotopic (exact) mass is 242 g/mol. The number of carbonyl (C=O) groups excluding carboxylic acids is 3. The van der Waals surface area contributed by atoms with Crippen LogP contribution in [0, 0.1) is 0 Å². The van der Waals surface area contributed by atoms with Gasteiger partial charge >= 0.3 is 18.0 Å². The smallest absolute Gasteiger partial charge is 0.333 e. The Labute approximate surface area is 97.9 Å². The minimum atomic E-state index is -1.02. The van der Waals surface area contributed by atoms with Gasteiger partial charge in [0.1, 0.15) is 0 Å². The molecule has 0 aliphatic heterocycles. The van der Waals surface area contributed by atoms with E-state index in [9.17, 15) is 14.4 Å². The molecule has 3 N–H and O–H groups in total. The van der Waals surface area contributed by atoms with Crippen LogP contribution in [-0.4, -0.2) is 30.8 Å². The van der Waals surface area contributed by atoms with E-state index in [1.807, 2.05) is 0 Å². The first-order valence-electron chi connectivity index (χ1n) is 5.04.